The molecule has 3 rings (SSSR count). The molecule has 0 saturated heterocycles. The Hall–Kier alpha value is -3.22. The fourth-order valence-corrected chi connectivity index (χ4v) is 2.47. The van der Waals surface area contributed by atoms with Gasteiger partial charge in [-0.05, 0) is 30.3 Å². The molecule has 2 aromatic carbocycles. The maximum Gasteiger partial charge on any atom is 0.255 e. The van der Waals surface area contributed by atoms with E-state index in [0.29, 0.717) is 47.2 Å². The molecule has 0 bridgehead atoms. The zero-order valence-corrected chi connectivity index (χ0v) is 13.9. The van der Waals surface area contributed by atoms with E-state index in [1.165, 1.54) is 14.2 Å². The van der Waals surface area contributed by atoms with Gasteiger partial charge in [-0.15, -0.1) is 0 Å². The number of carbonyl (C=O) groups excluding carboxylic acids is 2. The molecular weight excluding hydrogens is 324 g/mol. The molecule has 0 aromatic heterocycles. The van der Waals surface area contributed by atoms with Crippen molar-refractivity contribution in [3.8, 4) is 17.2 Å². The Labute approximate surface area is 144 Å². The van der Waals surface area contributed by atoms with Crippen molar-refractivity contribution >= 4 is 17.5 Å². The normalized spacial score (nSPS) is 13.0. The minimum Gasteiger partial charge on any atom is -0.497 e. The number of carbonyl (C=O) groups is 2. The molecule has 0 unspecified atom stereocenters. The van der Waals surface area contributed by atoms with E-state index in [4.69, 9.17) is 14.2 Å². The maximum atomic E-state index is 12.5. The van der Waals surface area contributed by atoms with Gasteiger partial charge in [-0.2, -0.15) is 0 Å². The van der Waals surface area contributed by atoms with Crippen LogP contribution in [0.1, 0.15) is 20.7 Å². The number of hydrogen-bond acceptors (Lipinski definition) is 5. The number of ether oxygens (including phenoxy) is 3. The summed E-state index contributed by atoms with van der Waals surface area (Å²) in [5, 5.41) is 5.50. The van der Waals surface area contributed by atoms with Crippen LogP contribution in [0.3, 0.4) is 0 Å². The summed E-state index contributed by atoms with van der Waals surface area (Å²) >= 11 is 0. The summed E-state index contributed by atoms with van der Waals surface area (Å²) in [6.07, 6.45) is 0. The third-order valence-electron chi connectivity index (χ3n) is 3.74. The quantitative estimate of drug-likeness (QED) is 0.888. The van der Waals surface area contributed by atoms with E-state index in [9.17, 15) is 9.59 Å². The lowest BCUT2D eigenvalue weighted by molar-refractivity contribution is 0.0955. The third kappa shape index (κ3) is 3.65. The smallest absolute Gasteiger partial charge is 0.255 e. The van der Waals surface area contributed by atoms with Gasteiger partial charge in [0.05, 0.1) is 26.3 Å². The Morgan fingerprint density at radius 2 is 1.84 bits per heavy atom. The molecule has 7 nitrogen and oxygen atoms in total. The summed E-state index contributed by atoms with van der Waals surface area (Å²) in [5.41, 5.74) is 1.26. The first-order chi connectivity index (χ1) is 12.1. The van der Waals surface area contributed by atoms with Crippen LogP contribution in [-0.4, -0.2) is 39.2 Å². The van der Waals surface area contributed by atoms with Crippen molar-refractivity contribution in [2.45, 2.75) is 0 Å². The van der Waals surface area contributed by atoms with E-state index < -0.39 is 0 Å². The van der Waals surface area contributed by atoms with Gasteiger partial charge in [0.15, 0.2) is 0 Å². The molecule has 0 radical (unpaired) electrons. The highest BCUT2D eigenvalue weighted by Gasteiger charge is 2.18. The SMILES string of the molecule is COc1cc(OC)cc(C(=O)Nc2ccc3c(c2)C(=O)NCCO3)c1. The lowest BCUT2D eigenvalue weighted by Gasteiger charge is -2.11. The van der Waals surface area contributed by atoms with Crippen LogP contribution < -0.4 is 24.8 Å². The second kappa shape index (κ2) is 7.12. The van der Waals surface area contributed by atoms with E-state index in [0.717, 1.165) is 0 Å². The maximum absolute atomic E-state index is 12.5. The fourth-order valence-electron chi connectivity index (χ4n) is 2.47. The van der Waals surface area contributed by atoms with Gasteiger partial charge < -0.3 is 24.8 Å². The molecule has 0 fully saturated rings. The molecule has 25 heavy (non-hydrogen) atoms. The molecule has 7 heteroatoms. The molecule has 0 aliphatic carbocycles. The Bertz CT molecular complexity index is 797. The topological polar surface area (TPSA) is 85.9 Å². The van der Waals surface area contributed by atoms with Crippen LogP contribution in [-0.2, 0) is 0 Å². The minimum absolute atomic E-state index is 0.230. The largest absolute Gasteiger partial charge is 0.497 e. The number of nitrogens with one attached hydrogen (secondary N) is 2. The molecule has 1 aliphatic heterocycles. The number of amides is 2. The second-order valence-electron chi connectivity index (χ2n) is 5.37. The summed E-state index contributed by atoms with van der Waals surface area (Å²) in [7, 11) is 3.03. The van der Waals surface area contributed by atoms with Crippen LogP contribution >= 0.6 is 0 Å². The fraction of sp³-hybridized carbons (Fsp3) is 0.222. The van der Waals surface area contributed by atoms with E-state index in [2.05, 4.69) is 10.6 Å². The molecule has 1 aliphatic rings. The van der Waals surface area contributed by atoms with Crippen LogP contribution in [0.5, 0.6) is 17.2 Å². The molecule has 0 atom stereocenters. The lowest BCUT2D eigenvalue weighted by atomic mass is 10.1. The number of anilines is 1. The van der Waals surface area contributed by atoms with Crippen LogP contribution in [0.2, 0.25) is 0 Å². The second-order valence-corrected chi connectivity index (χ2v) is 5.37. The van der Waals surface area contributed by atoms with Crippen LogP contribution in [0.4, 0.5) is 5.69 Å². The van der Waals surface area contributed by atoms with Gasteiger partial charge in [-0.3, -0.25) is 9.59 Å². The summed E-state index contributed by atoms with van der Waals surface area (Å²) in [4.78, 5) is 24.6. The summed E-state index contributed by atoms with van der Waals surface area (Å²) in [5.74, 6) is 0.952. The van der Waals surface area contributed by atoms with Crippen molar-refractivity contribution in [3.05, 3.63) is 47.5 Å². The first-order valence-corrected chi connectivity index (χ1v) is 7.70. The predicted molar refractivity (Wildman–Crippen MR) is 91.8 cm³/mol. The molecule has 130 valence electrons. The summed E-state index contributed by atoms with van der Waals surface area (Å²) < 4.78 is 15.8. The molecule has 0 saturated carbocycles. The van der Waals surface area contributed by atoms with E-state index in [-0.39, 0.29) is 11.8 Å². The Kier molecular flexibility index (Phi) is 4.74. The van der Waals surface area contributed by atoms with Crippen LogP contribution in [0.25, 0.3) is 0 Å². The van der Waals surface area contributed by atoms with Gasteiger partial charge in [0.2, 0.25) is 0 Å². The predicted octanol–water partition coefficient (Wildman–Crippen LogP) is 2.08. The summed E-state index contributed by atoms with van der Waals surface area (Å²) in [6.45, 7) is 0.854. The van der Waals surface area contributed by atoms with E-state index >= 15 is 0 Å². The number of hydrogen-bond donors (Lipinski definition) is 2. The van der Waals surface area contributed by atoms with Gasteiger partial charge in [0.25, 0.3) is 11.8 Å². The molecule has 2 N–H and O–H groups in total. The highest BCUT2D eigenvalue weighted by Crippen LogP contribution is 2.26. The van der Waals surface area contributed by atoms with Gasteiger partial charge in [0, 0.05) is 17.3 Å². The lowest BCUT2D eigenvalue weighted by Crippen LogP contribution is -2.24. The monoisotopic (exact) mass is 342 g/mol. The average molecular weight is 342 g/mol. The van der Waals surface area contributed by atoms with Crippen LogP contribution in [0, 0.1) is 0 Å². The molecule has 1 heterocycles. The van der Waals surface area contributed by atoms with Gasteiger partial charge in [-0.1, -0.05) is 0 Å². The van der Waals surface area contributed by atoms with Crippen LogP contribution in [0.15, 0.2) is 36.4 Å². The van der Waals surface area contributed by atoms with Gasteiger partial charge >= 0.3 is 0 Å². The highest BCUT2D eigenvalue weighted by molar-refractivity contribution is 6.06. The number of methoxy groups -OCH3 is 2. The van der Waals surface area contributed by atoms with E-state index in [1.807, 2.05) is 0 Å². The molecule has 0 spiro atoms. The van der Waals surface area contributed by atoms with Gasteiger partial charge in [0.1, 0.15) is 23.9 Å². The Morgan fingerprint density at radius 1 is 1.12 bits per heavy atom. The zero-order chi connectivity index (χ0) is 17.8. The van der Waals surface area contributed by atoms with E-state index in [1.54, 1.807) is 36.4 Å². The number of fused-ring (bicyclic) bond motifs is 1. The Balaban J connectivity index is 1.85. The Morgan fingerprint density at radius 3 is 2.52 bits per heavy atom. The van der Waals surface area contributed by atoms with Crippen molar-refractivity contribution in [1.29, 1.82) is 0 Å². The molecule has 2 aromatic rings. The number of rotatable bonds is 4. The third-order valence-corrected chi connectivity index (χ3v) is 3.74. The average Bonchev–Trinajstić information content (AvgIpc) is 2.82. The van der Waals surface area contributed by atoms with Crippen molar-refractivity contribution in [2.75, 3.05) is 32.7 Å². The molecular formula is C18H18N2O5. The minimum atomic E-state index is -0.341. The molecule has 2 amide bonds. The van der Waals surface area contributed by atoms with Crippen molar-refractivity contribution < 1.29 is 23.8 Å². The number of benzene rings is 2. The van der Waals surface area contributed by atoms with Crippen molar-refractivity contribution in [2.24, 2.45) is 0 Å². The first kappa shape index (κ1) is 16.6. The standard InChI is InChI=1S/C18H18N2O5/c1-23-13-7-11(8-14(10-13)24-2)17(21)20-12-3-4-16-15(9-12)18(22)19-5-6-25-16/h3-4,7-10H,5-6H2,1-2H3,(H,19,22)(H,20,21). The zero-order valence-electron chi connectivity index (χ0n) is 13.9. The summed E-state index contributed by atoms with van der Waals surface area (Å²) in [6, 6.07) is 9.84. The first-order valence-electron chi connectivity index (χ1n) is 7.70. The van der Waals surface area contributed by atoms with Crippen molar-refractivity contribution in [1.82, 2.24) is 5.32 Å². The highest BCUT2D eigenvalue weighted by atomic mass is 16.5. The van der Waals surface area contributed by atoms with Gasteiger partial charge in [-0.25, -0.2) is 0 Å². The van der Waals surface area contributed by atoms with Crippen molar-refractivity contribution in [3.63, 3.8) is 0 Å².